The Morgan fingerprint density at radius 1 is 1.31 bits per heavy atom. The van der Waals surface area contributed by atoms with Crippen molar-refractivity contribution >= 4 is 12.1 Å². The molecule has 1 aromatic carbocycles. The van der Waals surface area contributed by atoms with Crippen molar-refractivity contribution in [2.75, 3.05) is 0 Å². The Morgan fingerprint density at radius 2 is 1.88 bits per heavy atom. The molecule has 0 unspecified atom stereocenters. The SMILES string of the molecule is CC(=O)c1ccc(F)c(C(F)(F)F)c1C=O. The Kier molecular flexibility index (Phi) is 3.11. The maximum Gasteiger partial charge on any atom is 0.419 e. The summed E-state index contributed by atoms with van der Waals surface area (Å²) in [6, 6.07) is 1.38. The molecule has 0 heterocycles. The summed E-state index contributed by atoms with van der Waals surface area (Å²) in [6.07, 6.45) is -5.17. The van der Waals surface area contributed by atoms with Crippen molar-refractivity contribution in [1.29, 1.82) is 0 Å². The number of carbonyl (C=O) groups excluding carboxylic acids is 2. The van der Waals surface area contributed by atoms with E-state index in [1.807, 2.05) is 0 Å². The van der Waals surface area contributed by atoms with E-state index in [2.05, 4.69) is 0 Å². The lowest BCUT2D eigenvalue weighted by molar-refractivity contribution is -0.140. The first-order valence-electron chi connectivity index (χ1n) is 4.15. The summed E-state index contributed by atoms with van der Waals surface area (Å²) in [4.78, 5) is 21.5. The summed E-state index contributed by atoms with van der Waals surface area (Å²) < 4.78 is 50.3. The first-order chi connectivity index (χ1) is 7.29. The van der Waals surface area contributed by atoms with Crippen LogP contribution in [0.5, 0.6) is 0 Å². The summed E-state index contributed by atoms with van der Waals surface area (Å²) in [5.41, 5.74) is -3.10. The van der Waals surface area contributed by atoms with E-state index >= 15 is 0 Å². The smallest absolute Gasteiger partial charge is 0.298 e. The van der Waals surface area contributed by atoms with E-state index < -0.39 is 34.5 Å². The Hall–Kier alpha value is -1.72. The van der Waals surface area contributed by atoms with E-state index in [9.17, 15) is 27.2 Å². The number of benzene rings is 1. The molecule has 16 heavy (non-hydrogen) atoms. The van der Waals surface area contributed by atoms with Crippen LogP contribution in [0, 0.1) is 5.82 Å². The molecule has 86 valence electrons. The van der Waals surface area contributed by atoms with Crippen molar-refractivity contribution in [1.82, 2.24) is 0 Å². The van der Waals surface area contributed by atoms with E-state index in [0.29, 0.717) is 6.07 Å². The van der Waals surface area contributed by atoms with Crippen LogP contribution in [-0.4, -0.2) is 12.1 Å². The molecular weight excluding hydrogens is 228 g/mol. The highest BCUT2D eigenvalue weighted by molar-refractivity contribution is 6.02. The summed E-state index contributed by atoms with van der Waals surface area (Å²) in [5, 5.41) is 0. The van der Waals surface area contributed by atoms with E-state index in [1.165, 1.54) is 0 Å². The Morgan fingerprint density at radius 3 is 2.25 bits per heavy atom. The summed E-state index contributed by atoms with van der Waals surface area (Å²) in [5.74, 6) is -2.30. The second kappa shape index (κ2) is 4.03. The van der Waals surface area contributed by atoms with Gasteiger partial charge in [0.05, 0.1) is 0 Å². The van der Waals surface area contributed by atoms with Gasteiger partial charge in [0, 0.05) is 11.1 Å². The fraction of sp³-hybridized carbons (Fsp3) is 0.200. The summed E-state index contributed by atoms with van der Waals surface area (Å²) in [7, 11) is 0. The van der Waals surface area contributed by atoms with E-state index in [1.54, 1.807) is 0 Å². The van der Waals surface area contributed by atoms with Gasteiger partial charge in [0.1, 0.15) is 11.4 Å². The molecule has 0 spiro atoms. The number of Topliss-reactive ketones (excluding diaryl/α,β-unsaturated/α-hetero) is 1. The molecule has 0 fully saturated rings. The number of halogens is 4. The topological polar surface area (TPSA) is 34.1 Å². The number of ketones is 1. The van der Waals surface area contributed by atoms with Crippen molar-refractivity contribution in [3.05, 3.63) is 34.6 Å². The number of alkyl halides is 3. The zero-order chi connectivity index (χ0) is 12.5. The van der Waals surface area contributed by atoms with Crippen molar-refractivity contribution in [3.8, 4) is 0 Å². The third kappa shape index (κ3) is 2.10. The van der Waals surface area contributed by atoms with E-state index in [-0.39, 0.29) is 6.29 Å². The van der Waals surface area contributed by atoms with Crippen molar-refractivity contribution in [2.24, 2.45) is 0 Å². The number of aldehydes is 1. The molecule has 1 aromatic rings. The van der Waals surface area contributed by atoms with Gasteiger partial charge in [-0.3, -0.25) is 9.59 Å². The normalized spacial score (nSPS) is 11.3. The van der Waals surface area contributed by atoms with Gasteiger partial charge in [0.2, 0.25) is 0 Å². The number of rotatable bonds is 2. The quantitative estimate of drug-likeness (QED) is 0.448. The number of hydrogen-bond acceptors (Lipinski definition) is 2. The summed E-state index contributed by atoms with van der Waals surface area (Å²) >= 11 is 0. The van der Waals surface area contributed by atoms with Crippen LogP contribution in [0.25, 0.3) is 0 Å². The van der Waals surface area contributed by atoms with Gasteiger partial charge in [0.25, 0.3) is 0 Å². The molecule has 0 radical (unpaired) electrons. The highest BCUT2D eigenvalue weighted by atomic mass is 19.4. The predicted molar refractivity (Wildman–Crippen MR) is 46.8 cm³/mol. The molecule has 2 nitrogen and oxygen atoms in total. The maximum absolute atomic E-state index is 13.0. The zero-order valence-electron chi connectivity index (χ0n) is 8.06. The first kappa shape index (κ1) is 12.4. The standard InChI is InChI=1S/C10H6F4O2/c1-5(16)6-2-3-8(11)9(7(6)4-15)10(12,13)14/h2-4H,1H3. The van der Waals surface area contributed by atoms with Crippen molar-refractivity contribution < 1.29 is 27.2 Å². The van der Waals surface area contributed by atoms with Gasteiger partial charge in [-0.1, -0.05) is 0 Å². The lowest BCUT2D eigenvalue weighted by Crippen LogP contribution is -2.15. The minimum Gasteiger partial charge on any atom is -0.298 e. The van der Waals surface area contributed by atoms with Gasteiger partial charge in [-0.15, -0.1) is 0 Å². The van der Waals surface area contributed by atoms with Crippen LogP contribution in [0.1, 0.15) is 33.2 Å². The highest BCUT2D eigenvalue weighted by Crippen LogP contribution is 2.34. The van der Waals surface area contributed by atoms with E-state index in [4.69, 9.17) is 0 Å². The largest absolute Gasteiger partial charge is 0.419 e. The fourth-order valence-corrected chi connectivity index (χ4v) is 1.31. The lowest BCUT2D eigenvalue weighted by atomic mass is 9.98. The third-order valence-corrected chi connectivity index (χ3v) is 1.98. The minimum absolute atomic E-state index is 0.164. The molecule has 0 amide bonds. The van der Waals surface area contributed by atoms with Gasteiger partial charge in [-0.2, -0.15) is 13.2 Å². The molecule has 0 aromatic heterocycles. The molecule has 6 heteroatoms. The van der Waals surface area contributed by atoms with Gasteiger partial charge < -0.3 is 0 Å². The van der Waals surface area contributed by atoms with Crippen LogP contribution < -0.4 is 0 Å². The molecule has 0 aliphatic rings. The number of hydrogen-bond donors (Lipinski definition) is 0. The predicted octanol–water partition coefficient (Wildman–Crippen LogP) is 2.86. The minimum atomic E-state index is -5.01. The fourth-order valence-electron chi connectivity index (χ4n) is 1.31. The average Bonchev–Trinajstić information content (AvgIpc) is 2.14. The van der Waals surface area contributed by atoms with Gasteiger partial charge in [-0.05, 0) is 19.1 Å². The van der Waals surface area contributed by atoms with Crippen LogP contribution in [-0.2, 0) is 6.18 Å². The van der Waals surface area contributed by atoms with Crippen molar-refractivity contribution in [2.45, 2.75) is 13.1 Å². The third-order valence-electron chi connectivity index (χ3n) is 1.98. The Bertz CT molecular complexity index is 449. The van der Waals surface area contributed by atoms with Crippen LogP contribution in [0.2, 0.25) is 0 Å². The molecule has 0 saturated heterocycles. The van der Waals surface area contributed by atoms with Crippen LogP contribution in [0.4, 0.5) is 17.6 Å². The Balaban J connectivity index is 3.64. The first-order valence-corrected chi connectivity index (χ1v) is 4.15. The molecule has 0 aliphatic carbocycles. The van der Waals surface area contributed by atoms with Crippen LogP contribution >= 0.6 is 0 Å². The maximum atomic E-state index is 13.0. The lowest BCUT2D eigenvalue weighted by Gasteiger charge is -2.12. The number of carbonyl (C=O) groups is 2. The molecule has 0 aliphatic heterocycles. The second-order valence-corrected chi connectivity index (χ2v) is 3.06. The molecule has 0 bridgehead atoms. The molecule has 0 N–H and O–H groups in total. The molecule has 0 saturated carbocycles. The average molecular weight is 234 g/mol. The molecule has 1 rings (SSSR count). The Labute approximate surface area is 87.9 Å². The van der Waals surface area contributed by atoms with E-state index in [0.717, 1.165) is 13.0 Å². The molecule has 0 atom stereocenters. The zero-order valence-corrected chi connectivity index (χ0v) is 8.06. The van der Waals surface area contributed by atoms with Gasteiger partial charge in [-0.25, -0.2) is 4.39 Å². The summed E-state index contributed by atoms with van der Waals surface area (Å²) in [6.45, 7) is 1.00. The van der Waals surface area contributed by atoms with Crippen LogP contribution in [0.3, 0.4) is 0 Å². The van der Waals surface area contributed by atoms with Crippen LogP contribution in [0.15, 0.2) is 12.1 Å². The monoisotopic (exact) mass is 234 g/mol. The second-order valence-electron chi connectivity index (χ2n) is 3.06. The highest BCUT2D eigenvalue weighted by Gasteiger charge is 2.38. The van der Waals surface area contributed by atoms with Gasteiger partial charge in [0.15, 0.2) is 12.1 Å². The van der Waals surface area contributed by atoms with Gasteiger partial charge >= 0.3 is 6.18 Å². The molecular formula is C10H6F4O2. The van der Waals surface area contributed by atoms with Crippen molar-refractivity contribution in [3.63, 3.8) is 0 Å².